The van der Waals surface area contributed by atoms with Gasteiger partial charge in [0.1, 0.15) is 0 Å². The van der Waals surface area contributed by atoms with Crippen LogP contribution in [-0.4, -0.2) is 0 Å². The molecule has 8 aliphatic carbocycles. The first-order valence-electron chi connectivity index (χ1n) is 17.8. The molecule has 8 saturated carbocycles. The highest BCUT2D eigenvalue weighted by molar-refractivity contribution is 5.52. The maximum atomic E-state index is 2.57. The van der Waals surface area contributed by atoms with Gasteiger partial charge in [0.25, 0.3) is 0 Å². The van der Waals surface area contributed by atoms with E-state index in [1.165, 1.54) is 70.6 Å². The van der Waals surface area contributed by atoms with Crippen LogP contribution < -0.4 is 0 Å². The molecule has 4 aromatic rings. The first-order valence-corrected chi connectivity index (χ1v) is 17.8. The Morgan fingerprint density at radius 2 is 0.682 bits per heavy atom. The van der Waals surface area contributed by atoms with Gasteiger partial charge in [-0.15, -0.1) is 0 Å². The van der Waals surface area contributed by atoms with E-state index < -0.39 is 0 Å². The standard InChI is InChI=1S/C44H46/c1-5-13-35(14-6-1)41-27-42(36-15-7-2-8-16-36)30-43(28-41,37-17-9-3-10-18-37)39(44(29-41,31-42)38-19-11-4-12-20-38)40-24-32-21-33(25-40)23-34(22-32)26-40/h1-20,32-34,39H,21-31H2. The van der Waals surface area contributed by atoms with E-state index in [0.29, 0.717) is 11.3 Å². The first kappa shape index (κ1) is 26.1. The number of hydrogen-bond donors (Lipinski definition) is 0. The molecule has 0 spiro atoms. The molecule has 0 atom stereocenters. The van der Waals surface area contributed by atoms with Gasteiger partial charge in [-0.3, -0.25) is 0 Å². The molecular weight excluding hydrogens is 528 g/mol. The molecule has 8 fully saturated rings. The summed E-state index contributed by atoms with van der Waals surface area (Å²) in [6.45, 7) is 0. The lowest BCUT2D eigenvalue weighted by Gasteiger charge is -2.79. The quantitative estimate of drug-likeness (QED) is 0.222. The van der Waals surface area contributed by atoms with Gasteiger partial charge in [-0.2, -0.15) is 0 Å². The Hall–Kier alpha value is -3.12. The van der Waals surface area contributed by atoms with Crippen LogP contribution in [0.25, 0.3) is 0 Å². The monoisotopic (exact) mass is 574 g/mol. The molecule has 44 heavy (non-hydrogen) atoms. The van der Waals surface area contributed by atoms with Crippen LogP contribution in [0.3, 0.4) is 0 Å². The van der Waals surface area contributed by atoms with E-state index >= 15 is 0 Å². The van der Waals surface area contributed by atoms with E-state index in [4.69, 9.17) is 0 Å². The van der Waals surface area contributed by atoms with Crippen molar-refractivity contribution in [3.63, 3.8) is 0 Å². The Morgan fingerprint density at radius 3 is 1.02 bits per heavy atom. The molecule has 0 N–H and O–H groups in total. The van der Waals surface area contributed by atoms with Gasteiger partial charge >= 0.3 is 0 Å². The lowest BCUT2D eigenvalue weighted by atomic mass is 9.24. The zero-order chi connectivity index (χ0) is 29.0. The average molecular weight is 575 g/mol. The van der Waals surface area contributed by atoms with Crippen LogP contribution in [0.5, 0.6) is 0 Å². The van der Waals surface area contributed by atoms with E-state index in [1.807, 2.05) is 0 Å². The fourth-order valence-electron chi connectivity index (χ4n) is 14.7. The lowest BCUT2D eigenvalue weighted by Crippen LogP contribution is -2.75. The smallest absolute Gasteiger partial charge is 0.00120 e. The Kier molecular flexibility index (Phi) is 5.34. The minimum atomic E-state index is 0.156. The predicted molar refractivity (Wildman–Crippen MR) is 180 cm³/mol. The molecule has 0 unspecified atom stereocenters. The average Bonchev–Trinajstić information content (AvgIpc) is 3.05. The minimum absolute atomic E-state index is 0.156. The highest BCUT2D eigenvalue weighted by atomic mass is 14.8. The summed E-state index contributed by atoms with van der Waals surface area (Å²) in [5.41, 5.74) is 7.61. The van der Waals surface area contributed by atoms with E-state index in [-0.39, 0.29) is 21.7 Å². The summed E-state index contributed by atoms with van der Waals surface area (Å²) in [6, 6.07) is 48.0. The molecule has 8 aliphatic rings. The summed E-state index contributed by atoms with van der Waals surface area (Å²) >= 11 is 0. The van der Waals surface area contributed by atoms with Crippen molar-refractivity contribution in [2.75, 3.05) is 0 Å². The second-order valence-corrected chi connectivity index (χ2v) is 16.9. The fourth-order valence-corrected chi connectivity index (χ4v) is 14.7. The van der Waals surface area contributed by atoms with Crippen LogP contribution in [-0.2, 0) is 21.7 Å². The molecule has 222 valence electrons. The Balaban J connectivity index is 1.31. The van der Waals surface area contributed by atoms with Crippen LogP contribution in [0, 0.1) is 29.1 Å². The van der Waals surface area contributed by atoms with Gasteiger partial charge in [0.2, 0.25) is 0 Å². The SMILES string of the molecule is c1ccc(C23CC4(c5ccccc5)CC(c5ccccc5)(C2)C(C25CC6CC(CC(C6)C2)C5)C(c2ccccc2)(C3)C4)cc1. The Bertz CT molecular complexity index is 1510. The molecule has 0 nitrogen and oxygen atoms in total. The number of rotatable bonds is 5. The van der Waals surface area contributed by atoms with Crippen LogP contribution >= 0.6 is 0 Å². The first-order chi connectivity index (χ1) is 21.6. The van der Waals surface area contributed by atoms with Crippen LogP contribution in [0.1, 0.15) is 92.9 Å². The summed E-state index contributed by atoms with van der Waals surface area (Å²) in [5.74, 6) is 3.58. The van der Waals surface area contributed by atoms with Gasteiger partial charge in [0.15, 0.2) is 0 Å². The van der Waals surface area contributed by atoms with Crippen molar-refractivity contribution in [3.8, 4) is 0 Å². The van der Waals surface area contributed by atoms with Crippen molar-refractivity contribution >= 4 is 0 Å². The highest BCUT2D eigenvalue weighted by Crippen LogP contribution is 2.82. The van der Waals surface area contributed by atoms with Gasteiger partial charge < -0.3 is 0 Å². The molecule has 0 heteroatoms. The van der Waals surface area contributed by atoms with E-state index in [2.05, 4.69) is 121 Å². The molecule has 0 radical (unpaired) electrons. The summed E-state index contributed by atoms with van der Waals surface area (Å²) in [4.78, 5) is 0. The topological polar surface area (TPSA) is 0 Å². The number of hydrogen-bond acceptors (Lipinski definition) is 0. The third-order valence-corrected chi connectivity index (χ3v) is 14.6. The minimum Gasteiger partial charge on any atom is -0.0622 e. The molecule has 0 aromatic heterocycles. The highest BCUT2D eigenvalue weighted by Gasteiger charge is 2.77. The van der Waals surface area contributed by atoms with Gasteiger partial charge in [-0.05, 0) is 133 Å². The summed E-state index contributed by atoms with van der Waals surface area (Å²) in [5, 5.41) is 0. The zero-order valence-corrected chi connectivity index (χ0v) is 26.1. The van der Waals surface area contributed by atoms with E-state index in [1.54, 1.807) is 22.3 Å². The van der Waals surface area contributed by atoms with Crippen molar-refractivity contribution in [1.82, 2.24) is 0 Å². The van der Waals surface area contributed by atoms with Crippen molar-refractivity contribution in [1.29, 1.82) is 0 Å². The summed E-state index contributed by atoms with van der Waals surface area (Å²) < 4.78 is 0. The van der Waals surface area contributed by atoms with Gasteiger partial charge in [-0.25, -0.2) is 0 Å². The molecule has 0 saturated heterocycles. The maximum Gasteiger partial charge on any atom is 0.00120 e. The predicted octanol–water partition coefficient (Wildman–Crippen LogP) is 10.6. The fraction of sp³-hybridized carbons (Fsp3) is 0.455. The van der Waals surface area contributed by atoms with Crippen molar-refractivity contribution in [2.24, 2.45) is 29.1 Å². The second-order valence-electron chi connectivity index (χ2n) is 16.9. The van der Waals surface area contributed by atoms with Crippen LogP contribution in [0.2, 0.25) is 0 Å². The van der Waals surface area contributed by atoms with Gasteiger partial charge in [0, 0.05) is 10.8 Å². The molecule has 0 aliphatic heterocycles. The van der Waals surface area contributed by atoms with Crippen molar-refractivity contribution in [3.05, 3.63) is 144 Å². The Labute approximate surface area is 264 Å². The summed E-state index contributed by atoms with van der Waals surface area (Å²) in [6.07, 6.45) is 15.5. The van der Waals surface area contributed by atoms with Gasteiger partial charge in [-0.1, -0.05) is 121 Å². The molecule has 0 heterocycles. The molecule has 0 amide bonds. The molecular formula is C44H46. The Morgan fingerprint density at radius 1 is 0.364 bits per heavy atom. The zero-order valence-electron chi connectivity index (χ0n) is 26.1. The number of benzene rings is 4. The van der Waals surface area contributed by atoms with Crippen LogP contribution in [0.15, 0.2) is 121 Å². The van der Waals surface area contributed by atoms with E-state index in [0.717, 1.165) is 17.8 Å². The lowest BCUT2D eigenvalue weighted by molar-refractivity contribution is -0.206. The van der Waals surface area contributed by atoms with Crippen LogP contribution in [0.4, 0.5) is 0 Å². The maximum absolute atomic E-state index is 2.57. The third-order valence-electron chi connectivity index (χ3n) is 14.6. The van der Waals surface area contributed by atoms with E-state index in [9.17, 15) is 0 Å². The van der Waals surface area contributed by atoms with Crippen molar-refractivity contribution < 1.29 is 0 Å². The largest absolute Gasteiger partial charge is 0.0622 e. The molecule has 8 bridgehead atoms. The second kappa shape index (κ2) is 8.99. The van der Waals surface area contributed by atoms with Gasteiger partial charge in [0.05, 0.1) is 0 Å². The third kappa shape index (κ3) is 3.41. The summed E-state index contributed by atoms with van der Waals surface area (Å²) in [7, 11) is 0. The molecule has 4 aromatic carbocycles. The molecule has 12 rings (SSSR count). The normalized spacial score (nSPS) is 42.9. The van der Waals surface area contributed by atoms with Crippen molar-refractivity contribution in [2.45, 2.75) is 92.3 Å².